The summed E-state index contributed by atoms with van der Waals surface area (Å²) in [6.07, 6.45) is 2.65. The molecule has 0 aliphatic rings. The van der Waals surface area contributed by atoms with Gasteiger partial charge >= 0.3 is 0 Å². The van der Waals surface area contributed by atoms with Crippen LogP contribution in [0, 0.1) is 0 Å². The lowest BCUT2D eigenvalue weighted by Crippen LogP contribution is -2.22. The van der Waals surface area contributed by atoms with Crippen LogP contribution in [0.15, 0.2) is 20.4 Å². The Morgan fingerprint density at radius 3 is 2.12 bits per heavy atom. The van der Waals surface area contributed by atoms with Gasteiger partial charge in [-0.05, 0) is 12.8 Å². The molecule has 8 N–H and O–H groups in total. The third kappa shape index (κ3) is 8.75. The first-order valence-electron chi connectivity index (χ1n) is 4.39. The normalized spacial score (nSPS) is 11.4. The van der Waals surface area contributed by atoms with Crippen molar-refractivity contribution in [3.05, 3.63) is 0 Å². The minimum Gasteiger partial charge on any atom is -0.369 e. The van der Waals surface area contributed by atoms with Crippen LogP contribution in [0.3, 0.4) is 0 Å². The quantitative estimate of drug-likeness (QED) is 0.203. The van der Waals surface area contributed by atoms with E-state index in [0.29, 0.717) is 24.4 Å². The molecule has 0 aliphatic heterocycles. The Morgan fingerprint density at radius 1 is 1.00 bits per heavy atom. The lowest BCUT2D eigenvalue weighted by Gasteiger charge is -1.95. The highest BCUT2D eigenvalue weighted by atomic mass is 35.5. The molecular formula is C7H15ClN8. The molecule has 0 amide bonds. The third-order valence-corrected chi connectivity index (χ3v) is 1.51. The van der Waals surface area contributed by atoms with E-state index in [4.69, 9.17) is 34.5 Å². The highest BCUT2D eigenvalue weighted by Gasteiger charge is 1.95. The Morgan fingerprint density at radius 2 is 1.62 bits per heavy atom. The predicted molar refractivity (Wildman–Crippen MR) is 67.5 cm³/mol. The molecule has 0 fully saturated rings. The molecule has 8 nitrogen and oxygen atoms in total. The molecule has 0 saturated carbocycles. The summed E-state index contributed by atoms with van der Waals surface area (Å²) in [5.41, 5.74) is 21.0. The molecule has 0 radical (unpaired) electrons. The first kappa shape index (κ1) is 14.2. The lowest BCUT2D eigenvalue weighted by molar-refractivity contribution is 0.997. The number of nitrogens with two attached hydrogens (primary N) is 4. The van der Waals surface area contributed by atoms with Crippen LogP contribution in [0.4, 0.5) is 0 Å². The molecule has 90 valence electrons. The zero-order valence-corrected chi connectivity index (χ0v) is 9.43. The van der Waals surface area contributed by atoms with Gasteiger partial charge in [-0.15, -0.1) is 21.8 Å². The fourth-order valence-corrected chi connectivity index (χ4v) is 0.806. The van der Waals surface area contributed by atoms with Gasteiger partial charge in [-0.1, -0.05) is 0 Å². The molecule has 0 rings (SSSR count). The molecule has 0 aromatic carbocycles. The second kappa shape index (κ2) is 8.48. The van der Waals surface area contributed by atoms with Gasteiger partial charge < -0.3 is 22.9 Å². The van der Waals surface area contributed by atoms with Crippen LogP contribution in [0.2, 0.25) is 0 Å². The van der Waals surface area contributed by atoms with E-state index in [-0.39, 0.29) is 11.9 Å². The van der Waals surface area contributed by atoms with Crippen LogP contribution in [0.1, 0.15) is 12.8 Å². The van der Waals surface area contributed by atoms with Gasteiger partial charge in [0.25, 0.3) is 0 Å². The highest BCUT2D eigenvalue weighted by molar-refractivity contribution is 6.30. The Kier molecular flexibility index (Phi) is 7.51. The van der Waals surface area contributed by atoms with E-state index in [1.807, 2.05) is 0 Å². The number of hydrogen-bond donors (Lipinski definition) is 4. The van der Waals surface area contributed by atoms with Crippen molar-refractivity contribution in [3.8, 4) is 0 Å². The lowest BCUT2D eigenvalue weighted by atomic mass is 10.2. The Bertz CT molecular complexity index is 310. The summed E-state index contributed by atoms with van der Waals surface area (Å²) in [5.74, 6) is 0.213. The van der Waals surface area contributed by atoms with E-state index < -0.39 is 0 Å². The van der Waals surface area contributed by atoms with Gasteiger partial charge in [0.05, 0.1) is 11.9 Å². The highest BCUT2D eigenvalue weighted by Crippen LogP contribution is 1.95. The molecule has 9 heteroatoms. The minimum absolute atomic E-state index is 0.140. The number of rotatable bonds is 6. The van der Waals surface area contributed by atoms with E-state index in [9.17, 15) is 0 Å². The summed E-state index contributed by atoms with van der Waals surface area (Å²) in [5, 5.41) is 14.3. The third-order valence-electron chi connectivity index (χ3n) is 1.24. The molecule has 0 saturated heterocycles. The molecule has 0 atom stereocenters. The second-order valence-corrected chi connectivity index (χ2v) is 3.06. The maximum atomic E-state index is 5.54. The summed E-state index contributed by atoms with van der Waals surface area (Å²) in [6.45, 7) is 0. The predicted octanol–water partition coefficient (Wildman–Crippen LogP) is -1.11. The molecule has 0 bridgehead atoms. The van der Waals surface area contributed by atoms with Gasteiger partial charge in [0.2, 0.25) is 11.9 Å². The smallest absolute Gasteiger partial charge is 0.211 e. The van der Waals surface area contributed by atoms with Crippen molar-refractivity contribution < 1.29 is 0 Å². The number of guanidine groups is 2. The molecule has 0 unspecified atom stereocenters. The summed E-state index contributed by atoms with van der Waals surface area (Å²) >= 11 is 5.54. The van der Waals surface area contributed by atoms with Gasteiger partial charge in [0.1, 0.15) is 0 Å². The van der Waals surface area contributed by atoms with Crippen molar-refractivity contribution >= 4 is 35.4 Å². The average Bonchev–Trinajstić information content (AvgIpc) is 2.20. The van der Waals surface area contributed by atoms with E-state index in [1.54, 1.807) is 0 Å². The fourth-order valence-electron chi connectivity index (χ4n) is 0.672. The minimum atomic E-state index is -0.144. The molecule has 0 aromatic rings. The van der Waals surface area contributed by atoms with Crippen molar-refractivity contribution in [1.82, 2.24) is 0 Å². The fraction of sp³-hybridized carbons (Fsp3) is 0.429. The SMILES string of the molecule is NC(N)=N/N=C\C(CCCCl)=N/N=C(N)N. The van der Waals surface area contributed by atoms with E-state index in [1.165, 1.54) is 6.21 Å². The zero-order chi connectivity index (χ0) is 12.4. The standard InChI is InChI=1S/C7H15ClN8/c8-3-1-2-5(14-16-7(11)12)4-13-15-6(9)10/h4H,1-3H2,(H4,9,10,15)(H4,11,12,16)/b13-4-,14-5-. The van der Waals surface area contributed by atoms with Crippen molar-refractivity contribution in [2.75, 3.05) is 5.88 Å². The number of halogens is 1. The second-order valence-electron chi connectivity index (χ2n) is 2.68. The van der Waals surface area contributed by atoms with Crippen molar-refractivity contribution in [3.63, 3.8) is 0 Å². The molecule has 16 heavy (non-hydrogen) atoms. The largest absolute Gasteiger partial charge is 0.369 e. The van der Waals surface area contributed by atoms with Crippen LogP contribution in [0.25, 0.3) is 0 Å². The van der Waals surface area contributed by atoms with Crippen LogP contribution >= 0.6 is 11.6 Å². The average molecular weight is 247 g/mol. The number of nitrogens with zero attached hydrogens (tertiary/aromatic N) is 4. The molecular weight excluding hydrogens is 232 g/mol. The van der Waals surface area contributed by atoms with Crippen LogP contribution < -0.4 is 22.9 Å². The Labute approximate surface area is 98.1 Å². The van der Waals surface area contributed by atoms with Crippen LogP contribution in [-0.4, -0.2) is 29.7 Å². The summed E-state index contributed by atoms with van der Waals surface area (Å²) in [4.78, 5) is 0. The summed E-state index contributed by atoms with van der Waals surface area (Å²) in [7, 11) is 0. The first-order chi connectivity index (χ1) is 7.56. The number of hydrogen-bond acceptors (Lipinski definition) is 4. The van der Waals surface area contributed by atoms with Gasteiger partial charge in [-0.25, -0.2) is 0 Å². The van der Waals surface area contributed by atoms with Crippen LogP contribution in [0.5, 0.6) is 0 Å². The monoisotopic (exact) mass is 246 g/mol. The maximum Gasteiger partial charge on any atom is 0.211 e. The first-order valence-corrected chi connectivity index (χ1v) is 4.93. The number of alkyl halides is 1. The van der Waals surface area contributed by atoms with Gasteiger partial charge in [-0.3, -0.25) is 0 Å². The molecule has 0 spiro atoms. The molecule has 0 aromatic heterocycles. The van der Waals surface area contributed by atoms with E-state index in [0.717, 1.165) is 0 Å². The van der Waals surface area contributed by atoms with Crippen molar-refractivity contribution in [2.24, 2.45) is 43.3 Å². The van der Waals surface area contributed by atoms with Crippen molar-refractivity contribution in [2.45, 2.75) is 12.8 Å². The summed E-state index contributed by atoms with van der Waals surface area (Å²) in [6, 6.07) is 0. The topological polar surface area (TPSA) is 154 Å². The Balaban J connectivity index is 4.55. The van der Waals surface area contributed by atoms with E-state index >= 15 is 0 Å². The van der Waals surface area contributed by atoms with Gasteiger partial charge in [-0.2, -0.15) is 10.2 Å². The molecule has 0 aliphatic carbocycles. The van der Waals surface area contributed by atoms with Crippen LogP contribution in [-0.2, 0) is 0 Å². The van der Waals surface area contributed by atoms with Gasteiger partial charge in [0.15, 0.2) is 0 Å². The Hall–Kier alpha value is -1.83. The molecule has 0 heterocycles. The zero-order valence-electron chi connectivity index (χ0n) is 8.67. The van der Waals surface area contributed by atoms with Gasteiger partial charge in [0, 0.05) is 5.88 Å². The summed E-state index contributed by atoms with van der Waals surface area (Å²) < 4.78 is 0. The van der Waals surface area contributed by atoms with Crippen molar-refractivity contribution in [1.29, 1.82) is 0 Å². The maximum absolute atomic E-state index is 5.54. The van der Waals surface area contributed by atoms with E-state index in [2.05, 4.69) is 20.4 Å².